The van der Waals surface area contributed by atoms with Crippen LogP contribution in [0.2, 0.25) is 0 Å². The van der Waals surface area contributed by atoms with Crippen molar-refractivity contribution in [2.75, 3.05) is 31.2 Å². The number of hydrogen-bond donors (Lipinski definition) is 2. The van der Waals surface area contributed by atoms with Gasteiger partial charge >= 0.3 is 0 Å². The highest BCUT2D eigenvalue weighted by atomic mass is 32.2. The van der Waals surface area contributed by atoms with Crippen LogP contribution in [0.1, 0.15) is 50.6 Å². The Balaban J connectivity index is 1.23. The quantitative estimate of drug-likeness (QED) is 0.470. The molecule has 2 saturated heterocycles. The number of benzene rings is 1. The summed E-state index contributed by atoms with van der Waals surface area (Å²) in [5, 5.41) is 5.93. The fourth-order valence-corrected chi connectivity index (χ4v) is 7.25. The highest BCUT2D eigenvalue weighted by Crippen LogP contribution is 2.47. The minimum Gasteiger partial charge on any atom is -0.473 e. The number of pyridine rings is 1. The number of piperidine rings is 1. The fraction of sp³-hybridized carbons (Fsp3) is 0.500. The molecule has 5 heterocycles. The summed E-state index contributed by atoms with van der Waals surface area (Å²) in [6.07, 6.45) is 6.34. The molecule has 40 heavy (non-hydrogen) atoms. The summed E-state index contributed by atoms with van der Waals surface area (Å²) in [5.74, 6) is 0.510. The predicted molar refractivity (Wildman–Crippen MR) is 148 cm³/mol. The Morgan fingerprint density at radius 1 is 1.15 bits per heavy atom. The Morgan fingerprint density at radius 3 is 2.60 bits per heavy atom. The summed E-state index contributed by atoms with van der Waals surface area (Å²) in [4.78, 5) is 34.7. The van der Waals surface area contributed by atoms with Crippen LogP contribution >= 0.6 is 0 Å². The summed E-state index contributed by atoms with van der Waals surface area (Å²) >= 11 is 0. The van der Waals surface area contributed by atoms with Gasteiger partial charge in [-0.15, -0.1) is 0 Å². The Hall–Kier alpha value is -3.51. The van der Waals surface area contributed by atoms with Crippen molar-refractivity contribution in [2.45, 2.75) is 56.6 Å². The third-order valence-electron chi connectivity index (χ3n) is 8.99. The highest BCUT2D eigenvalue weighted by molar-refractivity contribution is 7.88. The van der Waals surface area contributed by atoms with Gasteiger partial charge in [0.1, 0.15) is 11.6 Å². The molecular weight excluding hydrogens is 532 g/mol. The Morgan fingerprint density at radius 2 is 1.93 bits per heavy atom. The van der Waals surface area contributed by atoms with E-state index in [1.54, 1.807) is 0 Å². The number of anilines is 1. The van der Waals surface area contributed by atoms with Crippen molar-refractivity contribution in [2.24, 2.45) is 5.92 Å². The van der Waals surface area contributed by atoms with E-state index in [4.69, 9.17) is 9.72 Å². The van der Waals surface area contributed by atoms with Crippen molar-refractivity contribution in [1.29, 1.82) is 0 Å². The monoisotopic (exact) mass is 564 g/mol. The minimum atomic E-state index is -3.30. The molecule has 2 atom stereocenters. The molecule has 2 aromatic heterocycles. The first kappa shape index (κ1) is 25.5. The third-order valence-corrected chi connectivity index (χ3v) is 10.3. The number of nitrogens with zero attached hydrogens (tertiary/aromatic N) is 4. The molecule has 1 spiro atoms. The second-order valence-corrected chi connectivity index (χ2v) is 13.6. The summed E-state index contributed by atoms with van der Waals surface area (Å²) in [6.45, 7) is 3.19. The van der Waals surface area contributed by atoms with Crippen LogP contribution in [0.4, 0.5) is 5.69 Å². The number of ether oxygens (including phenoxy) is 1. The van der Waals surface area contributed by atoms with Gasteiger partial charge in [0.25, 0.3) is 0 Å². The second-order valence-electron chi connectivity index (χ2n) is 11.6. The molecule has 2 N–H and O–H groups in total. The number of amides is 2. The van der Waals surface area contributed by atoms with Gasteiger partial charge in [0, 0.05) is 49.3 Å². The van der Waals surface area contributed by atoms with Gasteiger partial charge in [0.15, 0.2) is 0 Å². The molecule has 7 rings (SSSR count). The number of fused-ring (bicyclic) bond motifs is 3. The lowest BCUT2D eigenvalue weighted by atomic mass is 9.74. The van der Waals surface area contributed by atoms with Crippen LogP contribution in [0.15, 0.2) is 30.6 Å². The lowest BCUT2D eigenvalue weighted by Crippen LogP contribution is -2.47. The number of nitrogens with one attached hydrogen (secondary N) is 2. The van der Waals surface area contributed by atoms with E-state index in [-0.39, 0.29) is 23.8 Å². The maximum Gasteiger partial charge on any atom is 0.241 e. The van der Waals surface area contributed by atoms with Gasteiger partial charge in [-0.25, -0.2) is 22.7 Å². The van der Waals surface area contributed by atoms with Gasteiger partial charge in [-0.05, 0) is 50.3 Å². The number of sulfonamides is 1. The van der Waals surface area contributed by atoms with Crippen LogP contribution in [0.25, 0.3) is 22.3 Å². The first-order chi connectivity index (χ1) is 19.1. The minimum absolute atomic E-state index is 0.0373. The van der Waals surface area contributed by atoms with Gasteiger partial charge in [-0.1, -0.05) is 12.1 Å². The number of imidazole rings is 1. The van der Waals surface area contributed by atoms with Crippen LogP contribution in [-0.4, -0.2) is 71.1 Å². The second kappa shape index (κ2) is 9.00. The van der Waals surface area contributed by atoms with E-state index in [1.807, 2.05) is 37.5 Å². The van der Waals surface area contributed by atoms with E-state index in [0.717, 1.165) is 40.7 Å². The van der Waals surface area contributed by atoms with Gasteiger partial charge in [0.05, 0.1) is 29.2 Å². The topological polar surface area (TPSA) is 136 Å². The van der Waals surface area contributed by atoms with Crippen LogP contribution < -0.4 is 15.4 Å². The van der Waals surface area contributed by atoms with Gasteiger partial charge < -0.3 is 19.9 Å². The predicted octanol–water partition coefficient (Wildman–Crippen LogP) is 2.58. The van der Waals surface area contributed by atoms with E-state index in [0.29, 0.717) is 56.5 Å². The molecular formula is C28H32N6O5S. The molecule has 12 heteroatoms. The van der Waals surface area contributed by atoms with Crippen molar-refractivity contribution in [3.63, 3.8) is 0 Å². The first-order valence-electron chi connectivity index (χ1n) is 13.8. The number of rotatable bonds is 6. The summed E-state index contributed by atoms with van der Waals surface area (Å²) in [5.41, 5.74) is 4.05. The maximum absolute atomic E-state index is 13.2. The zero-order valence-corrected chi connectivity index (χ0v) is 23.3. The molecule has 11 nitrogen and oxygen atoms in total. The number of carbonyl (C=O) groups is 2. The average Bonchev–Trinajstić information content (AvgIpc) is 3.42. The Labute approximate surface area is 232 Å². The fourth-order valence-electron chi connectivity index (χ4n) is 6.40. The highest BCUT2D eigenvalue weighted by Gasteiger charge is 2.49. The number of aromatic nitrogens is 3. The van der Waals surface area contributed by atoms with Crippen molar-refractivity contribution in [3.8, 4) is 17.1 Å². The van der Waals surface area contributed by atoms with Crippen molar-refractivity contribution < 1.29 is 22.7 Å². The molecule has 1 aliphatic carbocycles. The summed E-state index contributed by atoms with van der Waals surface area (Å²) in [6, 6.07) is 8.20. The normalized spacial score (nSPS) is 23.3. The van der Waals surface area contributed by atoms with E-state index >= 15 is 0 Å². The smallest absolute Gasteiger partial charge is 0.241 e. The van der Waals surface area contributed by atoms with Crippen LogP contribution in [0.3, 0.4) is 0 Å². The Kier molecular flexibility index (Phi) is 5.73. The molecule has 2 amide bonds. The molecule has 3 aliphatic heterocycles. The number of carbonyl (C=O) groups excluding carboxylic acids is 2. The lowest BCUT2D eigenvalue weighted by Gasteiger charge is -2.36. The molecule has 0 unspecified atom stereocenters. The van der Waals surface area contributed by atoms with Gasteiger partial charge in [-0.2, -0.15) is 0 Å². The average molecular weight is 565 g/mol. The lowest BCUT2D eigenvalue weighted by molar-refractivity contribution is -0.122. The summed E-state index contributed by atoms with van der Waals surface area (Å²) < 4.78 is 34.1. The zero-order valence-electron chi connectivity index (χ0n) is 22.5. The maximum atomic E-state index is 13.2. The van der Waals surface area contributed by atoms with Crippen molar-refractivity contribution in [3.05, 3.63) is 36.2 Å². The van der Waals surface area contributed by atoms with Crippen molar-refractivity contribution in [1.82, 2.24) is 24.2 Å². The SMILES string of the molecule is C[C@@H](Oc1nc(-c2ccc3c(c2)NC(=O)C32CCN(S(C)(=O)=O)CC2)cc2ncn(C3CC3)c12)[C@H]1CNC(=O)C1. The van der Waals surface area contributed by atoms with Gasteiger partial charge in [-0.3, -0.25) is 9.59 Å². The largest absolute Gasteiger partial charge is 0.473 e. The van der Waals surface area contributed by atoms with E-state index in [9.17, 15) is 18.0 Å². The van der Waals surface area contributed by atoms with E-state index < -0.39 is 15.4 Å². The molecule has 3 fully saturated rings. The first-order valence-corrected chi connectivity index (χ1v) is 15.7. The molecule has 1 saturated carbocycles. The van der Waals surface area contributed by atoms with E-state index in [1.165, 1.54) is 10.6 Å². The summed E-state index contributed by atoms with van der Waals surface area (Å²) in [7, 11) is -3.30. The van der Waals surface area contributed by atoms with Crippen LogP contribution in [-0.2, 0) is 25.0 Å². The van der Waals surface area contributed by atoms with Gasteiger partial charge in [0.2, 0.25) is 27.7 Å². The number of hydrogen-bond acceptors (Lipinski definition) is 7. The Bertz CT molecular complexity index is 1650. The molecule has 210 valence electrons. The van der Waals surface area contributed by atoms with Crippen molar-refractivity contribution >= 4 is 38.6 Å². The molecule has 0 radical (unpaired) electrons. The molecule has 0 bridgehead atoms. The molecule has 4 aliphatic rings. The van der Waals surface area contributed by atoms with E-state index in [2.05, 4.69) is 20.2 Å². The molecule has 3 aromatic rings. The zero-order chi connectivity index (χ0) is 27.8. The third kappa shape index (κ3) is 4.15. The van der Waals surface area contributed by atoms with Crippen LogP contribution in [0, 0.1) is 5.92 Å². The van der Waals surface area contributed by atoms with Crippen LogP contribution in [0.5, 0.6) is 5.88 Å². The standard InChI is InChI=1S/C28H32N6O5S/c1-16(18-12-24(35)29-14-18)39-26-25-23(30-15-34(25)19-4-5-19)13-21(31-26)17-3-6-20-22(11-17)32-27(36)28(20)7-9-33(10-8-28)40(2,37)38/h3,6,11,13,15-16,18-19H,4-5,7-10,12,14H2,1-2H3,(H,29,35)(H,32,36)/t16-,18-/m1/s1. The molecule has 1 aromatic carbocycles.